The van der Waals surface area contributed by atoms with Crippen LogP contribution < -0.4 is 10.2 Å². The molecule has 1 N–H and O–H groups in total. The van der Waals surface area contributed by atoms with Gasteiger partial charge in [-0.3, -0.25) is 14.6 Å². The molecular formula is C21H19N3O2. The Labute approximate surface area is 152 Å². The predicted octanol–water partition coefficient (Wildman–Crippen LogP) is 3.29. The molecule has 0 aliphatic rings. The summed E-state index contributed by atoms with van der Waals surface area (Å²) in [5.41, 5.74) is 2.40. The molecule has 3 rings (SSSR count). The lowest BCUT2D eigenvalue weighted by atomic mass is 10.2. The van der Waals surface area contributed by atoms with Crippen molar-refractivity contribution in [3.63, 3.8) is 0 Å². The zero-order valence-electron chi connectivity index (χ0n) is 14.4. The van der Waals surface area contributed by atoms with Crippen LogP contribution in [0.15, 0.2) is 79.0 Å². The van der Waals surface area contributed by atoms with Crippen LogP contribution in [0.4, 0.5) is 5.69 Å². The van der Waals surface area contributed by atoms with E-state index in [9.17, 15) is 9.59 Å². The van der Waals surface area contributed by atoms with Crippen molar-refractivity contribution in [3.8, 4) is 0 Å². The number of para-hydroxylation sites is 1. The third-order valence-electron chi connectivity index (χ3n) is 3.99. The fourth-order valence-electron chi connectivity index (χ4n) is 2.51. The van der Waals surface area contributed by atoms with E-state index in [1.807, 2.05) is 60.7 Å². The Morgan fingerprint density at radius 2 is 1.62 bits per heavy atom. The van der Waals surface area contributed by atoms with Crippen LogP contribution in [0.1, 0.15) is 26.4 Å². The molecule has 0 fully saturated rings. The van der Waals surface area contributed by atoms with Gasteiger partial charge in [0.25, 0.3) is 11.8 Å². The Balaban J connectivity index is 1.71. The SMILES string of the molecule is CN(C(=O)c1cc(C(=O)NCc2ccccc2)ccn1)c1ccccc1. The van der Waals surface area contributed by atoms with Crippen molar-refractivity contribution < 1.29 is 9.59 Å². The first-order valence-electron chi connectivity index (χ1n) is 8.26. The lowest BCUT2D eigenvalue weighted by Crippen LogP contribution is -2.28. The maximum atomic E-state index is 12.6. The number of amides is 2. The molecule has 0 saturated heterocycles. The molecule has 0 atom stereocenters. The topological polar surface area (TPSA) is 62.3 Å². The van der Waals surface area contributed by atoms with Crippen LogP contribution in [0.3, 0.4) is 0 Å². The van der Waals surface area contributed by atoms with E-state index < -0.39 is 0 Å². The molecule has 2 aromatic carbocycles. The first-order chi connectivity index (χ1) is 12.6. The summed E-state index contributed by atoms with van der Waals surface area (Å²) < 4.78 is 0. The van der Waals surface area contributed by atoms with Gasteiger partial charge in [-0.15, -0.1) is 0 Å². The Bertz CT molecular complexity index is 895. The van der Waals surface area contributed by atoms with Gasteiger partial charge in [-0.2, -0.15) is 0 Å². The molecule has 0 unspecified atom stereocenters. The molecule has 3 aromatic rings. The average molecular weight is 345 g/mol. The second-order valence-corrected chi connectivity index (χ2v) is 5.80. The Hall–Kier alpha value is -3.47. The van der Waals surface area contributed by atoms with E-state index in [0.717, 1.165) is 11.3 Å². The highest BCUT2D eigenvalue weighted by atomic mass is 16.2. The lowest BCUT2D eigenvalue weighted by molar-refractivity contribution is 0.0951. The highest BCUT2D eigenvalue weighted by Gasteiger charge is 2.16. The number of nitrogens with zero attached hydrogens (tertiary/aromatic N) is 2. The molecule has 0 spiro atoms. The van der Waals surface area contributed by atoms with E-state index in [1.54, 1.807) is 13.1 Å². The fourth-order valence-corrected chi connectivity index (χ4v) is 2.51. The van der Waals surface area contributed by atoms with E-state index in [1.165, 1.54) is 17.2 Å². The van der Waals surface area contributed by atoms with Crippen LogP contribution in [-0.2, 0) is 6.54 Å². The van der Waals surface area contributed by atoms with Crippen molar-refractivity contribution in [2.75, 3.05) is 11.9 Å². The lowest BCUT2D eigenvalue weighted by Gasteiger charge is -2.17. The standard InChI is InChI=1S/C21H19N3O2/c1-24(18-10-6-3-7-11-18)21(26)19-14-17(12-13-22-19)20(25)23-15-16-8-4-2-5-9-16/h2-14H,15H2,1H3,(H,23,25). The Morgan fingerprint density at radius 3 is 2.31 bits per heavy atom. The molecule has 0 aliphatic heterocycles. The maximum absolute atomic E-state index is 12.6. The number of benzene rings is 2. The molecule has 26 heavy (non-hydrogen) atoms. The van der Waals surface area contributed by atoms with Crippen LogP contribution in [-0.4, -0.2) is 23.8 Å². The maximum Gasteiger partial charge on any atom is 0.276 e. The largest absolute Gasteiger partial charge is 0.348 e. The van der Waals surface area contributed by atoms with Gasteiger partial charge in [0, 0.05) is 31.0 Å². The quantitative estimate of drug-likeness (QED) is 0.772. The Kier molecular flexibility index (Phi) is 5.39. The number of aromatic nitrogens is 1. The third-order valence-corrected chi connectivity index (χ3v) is 3.99. The summed E-state index contributed by atoms with van der Waals surface area (Å²) in [5, 5.41) is 2.85. The van der Waals surface area contributed by atoms with Gasteiger partial charge < -0.3 is 10.2 Å². The molecule has 130 valence electrons. The van der Waals surface area contributed by atoms with E-state index >= 15 is 0 Å². The zero-order chi connectivity index (χ0) is 18.4. The van der Waals surface area contributed by atoms with E-state index in [4.69, 9.17) is 0 Å². The summed E-state index contributed by atoms with van der Waals surface area (Å²) in [4.78, 5) is 30.6. The Morgan fingerprint density at radius 1 is 0.962 bits per heavy atom. The van der Waals surface area contributed by atoms with Crippen LogP contribution in [0.25, 0.3) is 0 Å². The number of hydrogen-bond donors (Lipinski definition) is 1. The van der Waals surface area contributed by atoms with Crippen LogP contribution in [0.5, 0.6) is 0 Å². The number of pyridine rings is 1. The minimum Gasteiger partial charge on any atom is -0.348 e. The van der Waals surface area contributed by atoms with Crippen molar-refractivity contribution in [2.24, 2.45) is 0 Å². The molecule has 5 heteroatoms. The molecule has 0 bridgehead atoms. The average Bonchev–Trinajstić information content (AvgIpc) is 2.72. The first kappa shape index (κ1) is 17.4. The molecule has 0 aliphatic carbocycles. The summed E-state index contributed by atoms with van der Waals surface area (Å²) in [5.74, 6) is -0.512. The number of anilines is 1. The van der Waals surface area contributed by atoms with Gasteiger partial charge in [0.05, 0.1) is 0 Å². The fraction of sp³-hybridized carbons (Fsp3) is 0.0952. The van der Waals surface area contributed by atoms with Crippen molar-refractivity contribution in [1.82, 2.24) is 10.3 Å². The van der Waals surface area contributed by atoms with Gasteiger partial charge in [0.15, 0.2) is 0 Å². The number of rotatable bonds is 5. The summed E-state index contributed by atoms with van der Waals surface area (Å²) >= 11 is 0. The molecule has 1 aromatic heterocycles. The second kappa shape index (κ2) is 8.07. The minimum atomic E-state index is -0.270. The molecule has 0 radical (unpaired) electrons. The molecule has 2 amide bonds. The van der Waals surface area contributed by atoms with Gasteiger partial charge >= 0.3 is 0 Å². The van der Waals surface area contributed by atoms with E-state index in [2.05, 4.69) is 10.3 Å². The van der Waals surface area contributed by atoms with Crippen molar-refractivity contribution in [3.05, 3.63) is 95.8 Å². The van der Waals surface area contributed by atoms with Crippen molar-refractivity contribution in [2.45, 2.75) is 6.54 Å². The van der Waals surface area contributed by atoms with Crippen LogP contribution in [0, 0.1) is 0 Å². The number of nitrogens with one attached hydrogen (secondary N) is 1. The summed E-state index contributed by atoms with van der Waals surface area (Å²) in [6, 6.07) is 22.1. The normalized spacial score (nSPS) is 10.2. The highest BCUT2D eigenvalue weighted by Crippen LogP contribution is 2.14. The van der Waals surface area contributed by atoms with Crippen molar-refractivity contribution >= 4 is 17.5 Å². The molecular weight excluding hydrogens is 326 g/mol. The second-order valence-electron chi connectivity index (χ2n) is 5.80. The zero-order valence-corrected chi connectivity index (χ0v) is 14.4. The monoisotopic (exact) mass is 345 g/mol. The number of carbonyl (C=O) groups excluding carboxylic acids is 2. The number of carbonyl (C=O) groups is 2. The summed E-state index contributed by atoms with van der Waals surface area (Å²) in [6.45, 7) is 0.426. The molecule has 0 saturated carbocycles. The smallest absolute Gasteiger partial charge is 0.276 e. The predicted molar refractivity (Wildman–Crippen MR) is 101 cm³/mol. The van der Waals surface area contributed by atoms with Gasteiger partial charge in [-0.05, 0) is 29.8 Å². The summed E-state index contributed by atoms with van der Waals surface area (Å²) in [7, 11) is 1.68. The van der Waals surface area contributed by atoms with Gasteiger partial charge in [-0.1, -0.05) is 48.5 Å². The minimum absolute atomic E-state index is 0.226. The third kappa shape index (κ3) is 4.13. The number of hydrogen-bond acceptors (Lipinski definition) is 3. The molecule has 1 heterocycles. The van der Waals surface area contributed by atoms with Gasteiger partial charge in [0.2, 0.25) is 0 Å². The van der Waals surface area contributed by atoms with E-state index in [-0.39, 0.29) is 17.5 Å². The van der Waals surface area contributed by atoms with Crippen LogP contribution in [0.2, 0.25) is 0 Å². The highest BCUT2D eigenvalue weighted by molar-refractivity contribution is 6.06. The summed E-state index contributed by atoms with van der Waals surface area (Å²) in [6.07, 6.45) is 1.48. The van der Waals surface area contributed by atoms with Crippen molar-refractivity contribution in [1.29, 1.82) is 0 Å². The van der Waals surface area contributed by atoms with Crippen LogP contribution >= 0.6 is 0 Å². The molecule has 5 nitrogen and oxygen atoms in total. The first-order valence-corrected chi connectivity index (χ1v) is 8.26. The van der Waals surface area contributed by atoms with E-state index in [0.29, 0.717) is 12.1 Å². The van der Waals surface area contributed by atoms with Gasteiger partial charge in [-0.25, -0.2) is 0 Å². The van der Waals surface area contributed by atoms with Gasteiger partial charge in [0.1, 0.15) is 5.69 Å².